The quantitative estimate of drug-likeness (QED) is 0.647. The van der Waals surface area contributed by atoms with Crippen molar-refractivity contribution in [1.29, 1.82) is 0 Å². The van der Waals surface area contributed by atoms with Crippen LogP contribution in [0.3, 0.4) is 0 Å². The Hall–Kier alpha value is -0.620. The fraction of sp³-hybridized carbons (Fsp3) is 0.857. The Bertz CT molecular complexity index is 281. The third-order valence-electron chi connectivity index (χ3n) is 2.08. The van der Waals surface area contributed by atoms with E-state index in [4.69, 9.17) is 10.2 Å². The Morgan fingerprint density at radius 3 is 2.15 bits per heavy atom. The molecule has 0 aromatic carbocycles. The van der Waals surface area contributed by atoms with Crippen LogP contribution in [0.25, 0.3) is 0 Å². The number of carboxylic acid groups (broad SMARTS) is 1. The largest absolute Gasteiger partial charge is 0.480 e. The first-order chi connectivity index (χ1) is 5.75. The summed E-state index contributed by atoms with van der Waals surface area (Å²) in [5, 5.41) is 17.2. The minimum atomic E-state index is -3.65. The number of sulfone groups is 1. The molecule has 0 aliphatic rings. The number of carbonyl (C=O) groups is 1. The first-order valence-electron chi connectivity index (χ1n) is 3.79. The lowest BCUT2D eigenvalue weighted by atomic mass is 10.1. The molecule has 0 bridgehead atoms. The van der Waals surface area contributed by atoms with Gasteiger partial charge in [-0.2, -0.15) is 0 Å². The molecule has 0 radical (unpaired) electrons. The molecular formula is C7H14O5S. The zero-order chi connectivity index (χ0) is 10.7. The van der Waals surface area contributed by atoms with Gasteiger partial charge in [0.25, 0.3) is 0 Å². The van der Waals surface area contributed by atoms with E-state index in [9.17, 15) is 13.2 Å². The maximum Gasteiger partial charge on any atom is 0.324 e. The van der Waals surface area contributed by atoms with Crippen molar-refractivity contribution in [1.82, 2.24) is 0 Å². The zero-order valence-corrected chi connectivity index (χ0v) is 8.47. The molecule has 6 heteroatoms. The third kappa shape index (κ3) is 2.67. The van der Waals surface area contributed by atoms with Gasteiger partial charge in [-0.3, -0.25) is 4.79 Å². The van der Waals surface area contributed by atoms with Crippen molar-refractivity contribution in [2.45, 2.75) is 24.5 Å². The van der Waals surface area contributed by atoms with E-state index >= 15 is 0 Å². The predicted octanol–water partition coefficient (Wildman–Crippen LogP) is -0.353. The van der Waals surface area contributed by atoms with Crippen molar-refractivity contribution in [3.8, 4) is 0 Å². The topological polar surface area (TPSA) is 91.7 Å². The van der Waals surface area contributed by atoms with Crippen LogP contribution < -0.4 is 0 Å². The number of hydrogen-bond acceptors (Lipinski definition) is 4. The Morgan fingerprint density at radius 1 is 1.46 bits per heavy atom. The second-order valence-electron chi connectivity index (χ2n) is 3.14. The van der Waals surface area contributed by atoms with Crippen LogP contribution in [0.2, 0.25) is 0 Å². The first-order valence-corrected chi connectivity index (χ1v) is 5.68. The van der Waals surface area contributed by atoms with Crippen LogP contribution in [-0.4, -0.2) is 42.2 Å². The van der Waals surface area contributed by atoms with E-state index in [2.05, 4.69) is 0 Å². The lowest BCUT2D eigenvalue weighted by Crippen LogP contribution is -2.43. The summed E-state index contributed by atoms with van der Waals surface area (Å²) in [7, 11) is -3.65. The van der Waals surface area contributed by atoms with E-state index in [0.717, 1.165) is 13.2 Å². The molecule has 5 nitrogen and oxygen atoms in total. The SMILES string of the molecule is C[C@@](CCCO)(C(=O)O)S(C)(=O)=O. The van der Waals surface area contributed by atoms with Crippen LogP contribution >= 0.6 is 0 Å². The second-order valence-corrected chi connectivity index (χ2v) is 5.58. The molecule has 0 unspecified atom stereocenters. The molecule has 0 saturated carbocycles. The highest BCUT2D eigenvalue weighted by Gasteiger charge is 2.42. The summed E-state index contributed by atoms with van der Waals surface area (Å²) in [6.07, 6.45) is 0.978. The van der Waals surface area contributed by atoms with E-state index in [1.165, 1.54) is 0 Å². The summed E-state index contributed by atoms with van der Waals surface area (Å²) in [6, 6.07) is 0. The highest BCUT2D eigenvalue weighted by atomic mass is 32.2. The number of aliphatic hydroxyl groups is 1. The van der Waals surface area contributed by atoms with Crippen LogP contribution in [0.15, 0.2) is 0 Å². The Balaban J connectivity index is 4.86. The normalized spacial score (nSPS) is 16.5. The van der Waals surface area contributed by atoms with Gasteiger partial charge in [-0.05, 0) is 19.8 Å². The molecule has 1 atom stereocenters. The third-order valence-corrected chi connectivity index (χ3v) is 4.10. The summed E-state index contributed by atoms with van der Waals surface area (Å²) in [5.74, 6) is -1.37. The lowest BCUT2D eigenvalue weighted by Gasteiger charge is -2.21. The number of hydrogen-bond donors (Lipinski definition) is 2. The van der Waals surface area contributed by atoms with Crippen LogP contribution in [0.5, 0.6) is 0 Å². The molecule has 0 aliphatic heterocycles. The summed E-state index contributed by atoms with van der Waals surface area (Å²) >= 11 is 0. The highest BCUT2D eigenvalue weighted by Crippen LogP contribution is 2.22. The predicted molar refractivity (Wildman–Crippen MR) is 47.2 cm³/mol. The van der Waals surface area contributed by atoms with E-state index < -0.39 is 20.6 Å². The van der Waals surface area contributed by atoms with E-state index in [-0.39, 0.29) is 19.4 Å². The van der Waals surface area contributed by atoms with Gasteiger partial charge >= 0.3 is 5.97 Å². The molecule has 0 fully saturated rings. The Morgan fingerprint density at radius 2 is 1.92 bits per heavy atom. The second kappa shape index (κ2) is 4.06. The summed E-state index contributed by atoms with van der Waals surface area (Å²) in [5.41, 5.74) is 0. The van der Waals surface area contributed by atoms with Crippen molar-refractivity contribution in [3.05, 3.63) is 0 Å². The van der Waals surface area contributed by atoms with Gasteiger partial charge in [0, 0.05) is 12.9 Å². The van der Waals surface area contributed by atoms with Gasteiger partial charge in [-0.1, -0.05) is 0 Å². The number of aliphatic hydroxyl groups excluding tert-OH is 1. The standard InChI is InChI=1S/C7H14O5S/c1-7(6(9)10,4-3-5-8)13(2,11)12/h8H,3-5H2,1-2H3,(H,9,10)/t7-/m1/s1. The van der Waals surface area contributed by atoms with Gasteiger partial charge in [-0.15, -0.1) is 0 Å². The average molecular weight is 210 g/mol. The van der Waals surface area contributed by atoms with Gasteiger partial charge < -0.3 is 10.2 Å². The molecule has 0 saturated heterocycles. The molecule has 0 rings (SSSR count). The van der Waals surface area contributed by atoms with Crippen LogP contribution in [0.4, 0.5) is 0 Å². The van der Waals surface area contributed by atoms with Crippen molar-refractivity contribution >= 4 is 15.8 Å². The summed E-state index contributed by atoms with van der Waals surface area (Å²) < 4.78 is 20.5. The fourth-order valence-corrected chi connectivity index (χ4v) is 1.70. The number of carboxylic acids is 1. The van der Waals surface area contributed by atoms with E-state index in [1.54, 1.807) is 0 Å². The number of rotatable bonds is 5. The Labute approximate surface area is 77.3 Å². The zero-order valence-electron chi connectivity index (χ0n) is 7.65. The molecular weight excluding hydrogens is 196 g/mol. The minimum Gasteiger partial charge on any atom is -0.480 e. The molecule has 0 heterocycles. The fourth-order valence-electron chi connectivity index (χ4n) is 0.867. The Kier molecular flexibility index (Phi) is 3.87. The smallest absolute Gasteiger partial charge is 0.324 e. The van der Waals surface area contributed by atoms with Gasteiger partial charge in [0.05, 0.1) is 0 Å². The summed E-state index contributed by atoms with van der Waals surface area (Å²) in [4.78, 5) is 10.7. The van der Waals surface area contributed by atoms with E-state index in [1.807, 2.05) is 0 Å². The van der Waals surface area contributed by atoms with Crippen molar-refractivity contribution in [2.24, 2.45) is 0 Å². The average Bonchev–Trinajstić information content (AvgIpc) is 1.97. The minimum absolute atomic E-state index is 0.0718. The molecule has 0 spiro atoms. The highest BCUT2D eigenvalue weighted by molar-refractivity contribution is 7.92. The molecule has 0 aromatic rings. The van der Waals surface area contributed by atoms with Crippen LogP contribution in [0.1, 0.15) is 19.8 Å². The number of aliphatic carboxylic acids is 1. The van der Waals surface area contributed by atoms with E-state index in [0.29, 0.717) is 0 Å². The maximum absolute atomic E-state index is 11.1. The van der Waals surface area contributed by atoms with Crippen LogP contribution in [0, 0.1) is 0 Å². The molecule has 13 heavy (non-hydrogen) atoms. The van der Waals surface area contributed by atoms with Crippen molar-refractivity contribution < 1.29 is 23.4 Å². The van der Waals surface area contributed by atoms with Crippen molar-refractivity contribution in [3.63, 3.8) is 0 Å². The van der Waals surface area contributed by atoms with Gasteiger partial charge in [0.1, 0.15) is 0 Å². The molecule has 78 valence electrons. The van der Waals surface area contributed by atoms with Gasteiger partial charge in [0.2, 0.25) is 0 Å². The molecule has 0 amide bonds. The van der Waals surface area contributed by atoms with Crippen molar-refractivity contribution in [2.75, 3.05) is 12.9 Å². The molecule has 0 aliphatic carbocycles. The molecule has 2 N–H and O–H groups in total. The van der Waals surface area contributed by atoms with Gasteiger partial charge in [0.15, 0.2) is 14.6 Å². The maximum atomic E-state index is 11.1. The van der Waals surface area contributed by atoms with Crippen LogP contribution in [-0.2, 0) is 14.6 Å². The van der Waals surface area contributed by atoms with Gasteiger partial charge in [-0.25, -0.2) is 8.42 Å². The lowest BCUT2D eigenvalue weighted by molar-refractivity contribution is -0.139. The summed E-state index contributed by atoms with van der Waals surface area (Å²) in [6.45, 7) is 0.943. The molecule has 0 aromatic heterocycles. The monoisotopic (exact) mass is 210 g/mol. The first kappa shape index (κ1) is 12.4.